The molecule has 0 bridgehead atoms. The zero-order valence-electron chi connectivity index (χ0n) is 43.7. The summed E-state index contributed by atoms with van der Waals surface area (Å²) in [6.07, 6.45) is 55.7. The van der Waals surface area contributed by atoms with Crippen molar-refractivity contribution in [3.8, 4) is 0 Å². The maximum Gasteiger partial charge on any atom is 0.220 e. The maximum absolute atomic E-state index is 13.0. The minimum absolute atomic E-state index is 0.190. The number of amides is 1. The predicted molar refractivity (Wildman–Crippen MR) is 281 cm³/mol. The summed E-state index contributed by atoms with van der Waals surface area (Å²) in [6, 6.07) is -0.824. The van der Waals surface area contributed by atoms with Crippen molar-refractivity contribution in [2.24, 2.45) is 0 Å². The Labute approximate surface area is 412 Å². The Bertz CT molecular complexity index is 1150. The Balaban J connectivity index is 2.02. The largest absolute Gasteiger partial charge is 0.394 e. The maximum atomic E-state index is 13.0. The number of allylic oxidation sites excluding steroid dienone is 5. The molecule has 1 heterocycles. The van der Waals surface area contributed by atoms with E-state index < -0.39 is 49.5 Å². The van der Waals surface area contributed by atoms with Gasteiger partial charge in [-0.25, -0.2) is 0 Å². The Kier molecular flexibility index (Phi) is 45.5. The van der Waals surface area contributed by atoms with Crippen LogP contribution < -0.4 is 5.32 Å². The second-order valence-electron chi connectivity index (χ2n) is 20.1. The average molecular weight is 949 g/mol. The average Bonchev–Trinajstić information content (AvgIpc) is 3.33. The summed E-state index contributed by atoms with van der Waals surface area (Å²) < 4.78 is 11.2. The SMILES string of the molecule is C/C=C/CC/C=C/CC/C=C/C(O)C(COC1OC(CO)C(O)C(O)C1O)NC(=O)CCCCCCCCCCCCCCCCCCCCCCCCCCCCCCCCCCCCC. The third-order valence-electron chi connectivity index (χ3n) is 13.8. The van der Waals surface area contributed by atoms with Crippen LogP contribution in [0.3, 0.4) is 0 Å². The Morgan fingerprint density at radius 1 is 0.522 bits per heavy atom. The molecular weight excluding hydrogens is 839 g/mol. The fourth-order valence-corrected chi connectivity index (χ4v) is 9.26. The highest BCUT2D eigenvalue weighted by molar-refractivity contribution is 5.76. The van der Waals surface area contributed by atoms with Crippen molar-refractivity contribution in [3.05, 3.63) is 36.5 Å². The fraction of sp³-hybridized carbons (Fsp3) is 0.879. The van der Waals surface area contributed by atoms with E-state index in [2.05, 4.69) is 30.5 Å². The number of aliphatic hydroxyl groups excluding tert-OH is 5. The highest BCUT2D eigenvalue weighted by Gasteiger charge is 2.44. The lowest BCUT2D eigenvalue weighted by Crippen LogP contribution is -2.60. The lowest BCUT2D eigenvalue weighted by molar-refractivity contribution is -0.302. The zero-order valence-corrected chi connectivity index (χ0v) is 43.7. The molecule has 0 aromatic carbocycles. The summed E-state index contributed by atoms with van der Waals surface area (Å²) in [5.74, 6) is -0.190. The second-order valence-corrected chi connectivity index (χ2v) is 20.1. The molecule has 0 aliphatic carbocycles. The Hall–Kier alpha value is -1.59. The molecular formula is C58H109NO8. The van der Waals surface area contributed by atoms with Crippen molar-refractivity contribution < 1.29 is 39.8 Å². The van der Waals surface area contributed by atoms with Crippen LogP contribution in [0.2, 0.25) is 0 Å². The molecule has 0 radical (unpaired) electrons. The monoisotopic (exact) mass is 948 g/mol. The van der Waals surface area contributed by atoms with Crippen LogP contribution in [0, 0.1) is 0 Å². The van der Waals surface area contributed by atoms with E-state index in [0.717, 1.165) is 44.9 Å². The molecule has 7 atom stereocenters. The first kappa shape index (κ1) is 63.4. The van der Waals surface area contributed by atoms with Crippen LogP contribution in [0.5, 0.6) is 0 Å². The van der Waals surface area contributed by atoms with Gasteiger partial charge in [0.2, 0.25) is 5.91 Å². The number of unbranched alkanes of at least 4 members (excludes halogenated alkanes) is 36. The first-order chi connectivity index (χ1) is 32.8. The van der Waals surface area contributed by atoms with Gasteiger partial charge in [-0.15, -0.1) is 0 Å². The number of ether oxygens (including phenoxy) is 2. The van der Waals surface area contributed by atoms with Gasteiger partial charge in [-0.05, 0) is 39.0 Å². The first-order valence-electron chi connectivity index (χ1n) is 28.7. The molecule has 7 unspecified atom stereocenters. The van der Waals surface area contributed by atoms with Crippen LogP contribution in [-0.2, 0) is 14.3 Å². The third kappa shape index (κ3) is 37.9. The molecule has 9 heteroatoms. The van der Waals surface area contributed by atoms with Crippen LogP contribution >= 0.6 is 0 Å². The van der Waals surface area contributed by atoms with Gasteiger partial charge in [0.05, 0.1) is 25.4 Å². The normalized spacial score (nSPS) is 19.9. The van der Waals surface area contributed by atoms with Crippen molar-refractivity contribution in [2.45, 2.75) is 314 Å². The molecule has 1 aliphatic rings. The van der Waals surface area contributed by atoms with Gasteiger partial charge in [0.25, 0.3) is 0 Å². The minimum Gasteiger partial charge on any atom is -0.394 e. The molecule has 0 spiro atoms. The van der Waals surface area contributed by atoms with Crippen molar-refractivity contribution in [2.75, 3.05) is 13.2 Å². The van der Waals surface area contributed by atoms with Crippen LogP contribution in [0.1, 0.15) is 271 Å². The molecule has 67 heavy (non-hydrogen) atoms. The van der Waals surface area contributed by atoms with Gasteiger partial charge in [0, 0.05) is 6.42 Å². The van der Waals surface area contributed by atoms with Gasteiger partial charge in [-0.1, -0.05) is 262 Å². The quantitative estimate of drug-likeness (QED) is 0.0261. The molecule has 6 N–H and O–H groups in total. The molecule has 0 saturated carbocycles. The summed E-state index contributed by atoms with van der Waals surface area (Å²) in [4.78, 5) is 13.0. The molecule has 0 aromatic heterocycles. The highest BCUT2D eigenvalue weighted by atomic mass is 16.7. The van der Waals surface area contributed by atoms with E-state index in [4.69, 9.17) is 9.47 Å². The van der Waals surface area contributed by atoms with E-state index >= 15 is 0 Å². The summed E-state index contributed by atoms with van der Waals surface area (Å²) in [6.45, 7) is 3.54. The number of aliphatic hydroxyl groups is 5. The third-order valence-corrected chi connectivity index (χ3v) is 13.8. The predicted octanol–water partition coefficient (Wildman–Crippen LogP) is 14.0. The zero-order chi connectivity index (χ0) is 48.7. The standard InChI is InChI=1S/C58H109NO8/c1-3-5-7-9-11-13-14-15-16-17-18-19-20-21-22-23-24-25-26-27-28-29-30-31-32-33-34-35-36-37-38-40-42-44-46-48-54(62)59-51(52(61)47-45-43-41-39-12-10-8-6-4-2)50-66-58-57(65)56(64)55(63)53(49-60)67-58/h4,6,12,39,45,47,51-53,55-58,60-61,63-65H,3,5,7-11,13-38,40-44,46,48-50H2,1-2H3,(H,59,62)/b6-4+,39-12+,47-45+. The van der Waals surface area contributed by atoms with Gasteiger partial charge >= 0.3 is 0 Å². The van der Waals surface area contributed by atoms with Gasteiger partial charge < -0.3 is 40.3 Å². The number of rotatable bonds is 49. The molecule has 9 nitrogen and oxygen atoms in total. The van der Waals surface area contributed by atoms with Crippen LogP contribution in [0.25, 0.3) is 0 Å². The van der Waals surface area contributed by atoms with Gasteiger partial charge in [-0.2, -0.15) is 0 Å². The molecule has 394 valence electrons. The lowest BCUT2D eigenvalue weighted by Gasteiger charge is -2.40. The molecule has 0 aromatic rings. The van der Waals surface area contributed by atoms with Gasteiger partial charge in [0.1, 0.15) is 24.4 Å². The number of hydrogen-bond donors (Lipinski definition) is 6. The smallest absolute Gasteiger partial charge is 0.220 e. The lowest BCUT2D eigenvalue weighted by atomic mass is 9.99. The summed E-state index contributed by atoms with van der Waals surface area (Å²) in [5, 5.41) is 54.1. The highest BCUT2D eigenvalue weighted by Crippen LogP contribution is 2.23. The van der Waals surface area contributed by atoms with E-state index in [9.17, 15) is 30.3 Å². The summed E-state index contributed by atoms with van der Waals surface area (Å²) in [5.41, 5.74) is 0. The molecule has 1 saturated heterocycles. The second kappa shape index (κ2) is 48.1. The number of hydrogen-bond acceptors (Lipinski definition) is 8. The summed E-state index contributed by atoms with van der Waals surface area (Å²) in [7, 11) is 0. The summed E-state index contributed by atoms with van der Waals surface area (Å²) >= 11 is 0. The van der Waals surface area contributed by atoms with E-state index in [-0.39, 0.29) is 12.5 Å². The topological polar surface area (TPSA) is 149 Å². The minimum atomic E-state index is -1.57. The van der Waals surface area contributed by atoms with Crippen LogP contribution in [-0.4, -0.2) is 87.5 Å². The molecule has 1 aliphatic heterocycles. The van der Waals surface area contributed by atoms with Gasteiger partial charge in [0.15, 0.2) is 6.29 Å². The van der Waals surface area contributed by atoms with Crippen molar-refractivity contribution >= 4 is 5.91 Å². The van der Waals surface area contributed by atoms with Crippen molar-refractivity contribution in [3.63, 3.8) is 0 Å². The first-order valence-corrected chi connectivity index (χ1v) is 28.7. The van der Waals surface area contributed by atoms with Crippen molar-refractivity contribution in [1.82, 2.24) is 5.32 Å². The van der Waals surface area contributed by atoms with Crippen molar-refractivity contribution in [1.29, 1.82) is 0 Å². The number of nitrogens with one attached hydrogen (secondary N) is 1. The molecule has 1 amide bonds. The van der Waals surface area contributed by atoms with E-state index in [0.29, 0.717) is 6.42 Å². The van der Waals surface area contributed by atoms with E-state index in [1.165, 1.54) is 205 Å². The van der Waals surface area contributed by atoms with E-state index in [1.807, 2.05) is 19.1 Å². The molecule has 1 fully saturated rings. The van der Waals surface area contributed by atoms with Crippen LogP contribution in [0.15, 0.2) is 36.5 Å². The number of carbonyl (C=O) groups excluding carboxylic acids is 1. The molecule has 1 rings (SSSR count). The number of carbonyl (C=O) groups is 1. The Morgan fingerprint density at radius 2 is 0.881 bits per heavy atom. The van der Waals surface area contributed by atoms with E-state index in [1.54, 1.807) is 6.08 Å². The Morgan fingerprint density at radius 3 is 1.25 bits per heavy atom. The van der Waals surface area contributed by atoms with Gasteiger partial charge in [-0.3, -0.25) is 4.79 Å². The van der Waals surface area contributed by atoms with Crippen LogP contribution in [0.4, 0.5) is 0 Å². The fourth-order valence-electron chi connectivity index (χ4n) is 9.26.